The lowest BCUT2D eigenvalue weighted by Crippen LogP contribution is -2.50. The fraction of sp³-hybridized carbons (Fsp3) is 0.316. The van der Waals surface area contributed by atoms with Gasteiger partial charge in [0, 0.05) is 30.9 Å². The second-order valence-electron chi connectivity index (χ2n) is 6.66. The van der Waals surface area contributed by atoms with Gasteiger partial charge < -0.3 is 20.1 Å². The van der Waals surface area contributed by atoms with Crippen molar-refractivity contribution in [3.8, 4) is 16.9 Å². The Morgan fingerprint density at radius 3 is 2.70 bits per heavy atom. The Morgan fingerprint density at radius 2 is 2.00 bits per heavy atom. The molecule has 2 aliphatic rings. The van der Waals surface area contributed by atoms with Crippen LogP contribution in [0.4, 0.5) is 24.5 Å². The summed E-state index contributed by atoms with van der Waals surface area (Å²) in [5.41, 5.74) is 1.59. The molecule has 1 saturated heterocycles. The summed E-state index contributed by atoms with van der Waals surface area (Å²) in [6.07, 6.45) is -4.48. The van der Waals surface area contributed by atoms with Gasteiger partial charge in [-0.25, -0.2) is 0 Å². The summed E-state index contributed by atoms with van der Waals surface area (Å²) in [7, 11) is 0. The van der Waals surface area contributed by atoms with Gasteiger partial charge in [0.1, 0.15) is 12.4 Å². The van der Waals surface area contributed by atoms with Gasteiger partial charge in [-0.1, -0.05) is 12.1 Å². The normalized spacial score (nSPS) is 16.8. The first-order chi connectivity index (χ1) is 12.8. The molecule has 4 rings (SSSR count). The number of hydrogen-bond donors (Lipinski definition) is 2. The Balaban J connectivity index is 1.73. The number of hydrogen-bond acceptors (Lipinski definition) is 4. The molecule has 0 unspecified atom stereocenters. The molecule has 142 valence electrons. The summed E-state index contributed by atoms with van der Waals surface area (Å²) in [5, 5.41) is 12.1. The number of alkyl halides is 3. The minimum Gasteiger partial charge on any atom is -0.490 e. The molecule has 27 heavy (non-hydrogen) atoms. The number of fused-ring (bicyclic) bond motifs is 1. The Kier molecular flexibility index (Phi) is 4.13. The molecule has 0 aliphatic carbocycles. The molecule has 0 amide bonds. The second kappa shape index (κ2) is 6.37. The number of halogens is 3. The zero-order chi connectivity index (χ0) is 19.2. The highest BCUT2D eigenvalue weighted by atomic mass is 19.4. The number of rotatable bonds is 3. The molecule has 8 heteroatoms. The van der Waals surface area contributed by atoms with Gasteiger partial charge in [0.05, 0.1) is 17.2 Å². The van der Waals surface area contributed by atoms with E-state index in [1.54, 1.807) is 18.2 Å². The molecule has 0 bridgehead atoms. The van der Waals surface area contributed by atoms with Gasteiger partial charge in [-0.3, -0.25) is 4.79 Å². The third kappa shape index (κ3) is 3.27. The fourth-order valence-corrected chi connectivity index (χ4v) is 3.36. The first kappa shape index (κ1) is 17.5. The number of nitrogens with one attached hydrogen (secondary N) is 1. The van der Waals surface area contributed by atoms with Crippen molar-refractivity contribution in [1.82, 2.24) is 0 Å². The van der Waals surface area contributed by atoms with E-state index in [-0.39, 0.29) is 5.75 Å². The van der Waals surface area contributed by atoms with Crippen LogP contribution >= 0.6 is 0 Å². The van der Waals surface area contributed by atoms with Crippen LogP contribution in [-0.4, -0.2) is 37.3 Å². The molecular formula is C19H17F3N2O3. The van der Waals surface area contributed by atoms with E-state index < -0.39 is 23.6 Å². The van der Waals surface area contributed by atoms with Gasteiger partial charge in [-0.05, 0) is 29.8 Å². The maximum atomic E-state index is 13.3. The highest BCUT2D eigenvalue weighted by Gasteiger charge is 2.34. The van der Waals surface area contributed by atoms with Crippen molar-refractivity contribution in [2.24, 2.45) is 5.92 Å². The molecule has 0 saturated carbocycles. The molecule has 0 aromatic heterocycles. The fourth-order valence-electron chi connectivity index (χ4n) is 3.36. The van der Waals surface area contributed by atoms with Crippen LogP contribution in [0.25, 0.3) is 11.1 Å². The largest absolute Gasteiger partial charge is 0.490 e. The Bertz CT molecular complexity index is 892. The molecule has 1 fully saturated rings. The van der Waals surface area contributed by atoms with Crippen LogP contribution in [0.5, 0.6) is 5.75 Å². The summed E-state index contributed by atoms with van der Waals surface area (Å²) in [6, 6.07) is 9.24. The van der Waals surface area contributed by atoms with E-state index in [9.17, 15) is 18.0 Å². The minimum absolute atomic E-state index is 0.186. The van der Waals surface area contributed by atoms with Gasteiger partial charge >= 0.3 is 12.1 Å². The van der Waals surface area contributed by atoms with E-state index in [1.807, 2.05) is 11.0 Å². The van der Waals surface area contributed by atoms with E-state index in [0.717, 1.165) is 17.8 Å². The smallest absolute Gasteiger partial charge is 0.416 e. The molecule has 0 radical (unpaired) electrons. The van der Waals surface area contributed by atoms with Crippen molar-refractivity contribution < 1.29 is 27.8 Å². The molecule has 5 nitrogen and oxygen atoms in total. The van der Waals surface area contributed by atoms with Crippen molar-refractivity contribution in [3.05, 3.63) is 42.0 Å². The van der Waals surface area contributed by atoms with E-state index in [0.29, 0.717) is 43.1 Å². The number of aliphatic carboxylic acids is 1. The summed E-state index contributed by atoms with van der Waals surface area (Å²) in [5.74, 6) is -1.06. The number of benzene rings is 2. The van der Waals surface area contributed by atoms with Crippen molar-refractivity contribution in [2.45, 2.75) is 6.18 Å². The van der Waals surface area contributed by atoms with Crippen molar-refractivity contribution in [1.29, 1.82) is 0 Å². The Morgan fingerprint density at radius 1 is 1.22 bits per heavy atom. The molecule has 0 spiro atoms. The maximum Gasteiger partial charge on any atom is 0.416 e. The molecule has 2 heterocycles. The zero-order valence-corrected chi connectivity index (χ0v) is 14.2. The number of carbonyl (C=O) groups is 1. The quantitative estimate of drug-likeness (QED) is 0.853. The average Bonchev–Trinajstić information content (AvgIpc) is 2.58. The van der Waals surface area contributed by atoms with E-state index >= 15 is 0 Å². The summed E-state index contributed by atoms with van der Waals surface area (Å²) < 4.78 is 45.3. The first-order valence-electron chi connectivity index (χ1n) is 8.53. The van der Waals surface area contributed by atoms with Crippen LogP contribution < -0.4 is 15.0 Å². The summed E-state index contributed by atoms with van der Waals surface area (Å²) in [4.78, 5) is 12.9. The zero-order valence-electron chi connectivity index (χ0n) is 14.2. The number of carboxylic acid groups (broad SMARTS) is 1. The van der Waals surface area contributed by atoms with Crippen LogP contribution in [-0.2, 0) is 11.0 Å². The number of ether oxygens (including phenoxy) is 1. The number of anilines is 2. The SMILES string of the molecule is O=C(O)C1CN(c2cccc(-c3cc(C(F)(F)F)cc4c3NCCO4)c2)C1. The van der Waals surface area contributed by atoms with Crippen LogP contribution in [0, 0.1) is 5.92 Å². The molecule has 2 aromatic carbocycles. The minimum atomic E-state index is -4.48. The van der Waals surface area contributed by atoms with Gasteiger partial charge in [0.2, 0.25) is 0 Å². The predicted octanol–water partition coefficient (Wildman–Crippen LogP) is 3.70. The molecule has 0 atom stereocenters. The lowest BCUT2D eigenvalue weighted by Gasteiger charge is -2.38. The van der Waals surface area contributed by atoms with E-state index in [2.05, 4.69) is 5.32 Å². The summed E-state index contributed by atoms with van der Waals surface area (Å²) in [6.45, 7) is 1.59. The highest BCUT2D eigenvalue weighted by molar-refractivity contribution is 5.85. The molecular weight excluding hydrogens is 361 g/mol. The predicted molar refractivity (Wildman–Crippen MR) is 94.2 cm³/mol. The lowest BCUT2D eigenvalue weighted by atomic mass is 9.96. The van der Waals surface area contributed by atoms with Gasteiger partial charge in [-0.2, -0.15) is 13.2 Å². The van der Waals surface area contributed by atoms with Gasteiger partial charge in [0.25, 0.3) is 0 Å². The van der Waals surface area contributed by atoms with Crippen LogP contribution in [0.1, 0.15) is 5.56 Å². The lowest BCUT2D eigenvalue weighted by molar-refractivity contribution is -0.142. The van der Waals surface area contributed by atoms with Crippen LogP contribution in [0.2, 0.25) is 0 Å². The third-order valence-electron chi connectivity index (χ3n) is 4.84. The van der Waals surface area contributed by atoms with Crippen LogP contribution in [0.3, 0.4) is 0 Å². The van der Waals surface area contributed by atoms with E-state index in [4.69, 9.17) is 9.84 Å². The third-order valence-corrected chi connectivity index (χ3v) is 4.84. The Hall–Kier alpha value is -2.90. The topological polar surface area (TPSA) is 61.8 Å². The van der Waals surface area contributed by atoms with E-state index in [1.165, 1.54) is 0 Å². The second-order valence-corrected chi connectivity index (χ2v) is 6.66. The Labute approximate surface area is 153 Å². The highest BCUT2D eigenvalue weighted by Crippen LogP contribution is 2.43. The standard InChI is InChI=1S/C19H17F3N2O3/c20-19(21,22)13-7-15(17-16(8-13)27-5-4-23-17)11-2-1-3-14(6-11)24-9-12(10-24)18(25)26/h1-3,6-8,12,23H,4-5,9-10H2,(H,25,26). The van der Waals surface area contributed by atoms with Crippen LogP contribution in [0.15, 0.2) is 36.4 Å². The molecule has 2 N–H and O–H groups in total. The summed E-state index contributed by atoms with van der Waals surface area (Å²) >= 11 is 0. The monoisotopic (exact) mass is 378 g/mol. The average molecular weight is 378 g/mol. The van der Waals surface area contributed by atoms with Gasteiger partial charge in [-0.15, -0.1) is 0 Å². The van der Waals surface area contributed by atoms with Crippen molar-refractivity contribution in [3.63, 3.8) is 0 Å². The molecule has 2 aliphatic heterocycles. The van der Waals surface area contributed by atoms with Crippen molar-refractivity contribution in [2.75, 3.05) is 36.5 Å². The first-order valence-corrected chi connectivity index (χ1v) is 8.53. The number of carboxylic acids is 1. The van der Waals surface area contributed by atoms with Gasteiger partial charge in [0.15, 0.2) is 0 Å². The molecule has 2 aromatic rings. The number of nitrogens with zero attached hydrogens (tertiary/aromatic N) is 1. The van der Waals surface area contributed by atoms with Crippen molar-refractivity contribution >= 4 is 17.3 Å². The maximum absolute atomic E-state index is 13.3.